The van der Waals surface area contributed by atoms with Crippen LogP contribution in [0.15, 0.2) is 33.5 Å². The third-order valence-electron chi connectivity index (χ3n) is 5.76. The van der Waals surface area contributed by atoms with E-state index in [1.54, 1.807) is 18.2 Å². The third kappa shape index (κ3) is 4.79. The predicted octanol–water partition coefficient (Wildman–Crippen LogP) is -0.366. The maximum absolute atomic E-state index is 12.8. The van der Waals surface area contributed by atoms with Crippen LogP contribution in [0.1, 0.15) is 32.3 Å². The molecule has 10 heteroatoms. The molecule has 0 amide bonds. The van der Waals surface area contributed by atoms with Gasteiger partial charge in [-0.1, -0.05) is 0 Å². The van der Waals surface area contributed by atoms with Gasteiger partial charge in [0.2, 0.25) is 0 Å². The van der Waals surface area contributed by atoms with Gasteiger partial charge in [-0.3, -0.25) is 0 Å². The fraction of sp³-hybridized carbons (Fsp3) is 0.545. The Bertz CT molecular complexity index is 1030. The van der Waals surface area contributed by atoms with E-state index in [1.807, 2.05) is 0 Å². The number of ether oxygens (including phenoxy) is 2. The highest BCUT2D eigenvalue weighted by molar-refractivity contribution is 5.82. The van der Waals surface area contributed by atoms with Gasteiger partial charge in [0.05, 0.1) is 24.9 Å². The lowest BCUT2D eigenvalue weighted by Gasteiger charge is -2.40. The molecule has 1 aliphatic carbocycles. The first kappa shape index (κ1) is 24.1. The Morgan fingerprint density at radius 2 is 1.78 bits per heavy atom. The van der Waals surface area contributed by atoms with Gasteiger partial charge in [0.15, 0.2) is 5.60 Å². The van der Waals surface area contributed by atoms with Crippen LogP contribution in [0, 0.1) is 0 Å². The van der Waals surface area contributed by atoms with Crippen molar-refractivity contribution < 1.29 is 44.2 Å². The SMILES string of the molecule is COc1ccc2ccc(=O)oc2c1CC(OC(=O)C1(O)CC(O)C(O)C(O)C1)C(C)(C)O. The molecule has 1 fully saturated rings. The number of hydrogen-bond donors (Lipinski definition) is 5. The van der Waals surface area contributed by atoms with Crippen molar-refractivity contribution in [1.82, 2.24) is 0 Å². The lowest BCUT2D eigenvalue weighted by Crippen LogP contribution is -2.57. The lowest BCUT2D eigenvalue weighted by atomic mass is 9.79. The van der Waals surface area contributed by atoms with Gasteiger partial charge in [-0.05, 0) is 32.0 Å². The molecule has 3 atom stereocenters. The molecule has 0 bridgehead atoms. The van der Waals surface area contributed by atoms with Crippen LogP contribution < -0.4 is 10.4 Å². The molecule has 0 radical (unpaired) electrons. The van der Waals surface area contributed by atoms with Gasteiger partial charge in [-0.15, -0.1) is 0 Å². The molecule has 1 heterocycles. The summed E-state index contributed by atoms with van der Waals surface area (Å²) in [6, 6.07) is 6.15. The van der Waals surface area contributed by atoms with Crippen molar-refractivity contribution in [2.75, 3.05) is 7.11 Å². The van der Waals surface area contributed by atoms with Gasteiger partial charge in [-0.25, -0.2) is 9.59 Å². The summed E-state index contributed by atoms with van der Waals surface area (Å²) in [5.74, 6) is -0.835. The summed E-state index contributed by atoms with van der Waals surface area (Å²) < 4.78 is 16.1. The molecule has 0 saturated heterocycles. The van der Waals surface area contributed by atoms with Crippen LogP contribution in [-0.4, -0.2) is 74.2 Å². The normalized spacial score (nSPS) is 27.2. The van der Waals surface area contributed by atoms with Crippen LogP contribution in [0.25, 0.3) is 11.0 Å². The number of carbonyl (C=O) groups is 1. The molecule has 2 aromatic rings. The first-order valence-electron chi connectivity index (χ1n) is 10.2. The number of benzene rings is 1. The van der Waals surface area contributed by atoms with E-state index in [0.29, 0.717) is 16.7 Å². The van der Waals surface area contributed by atoms with Crippen LogP contribution >= 0.6 is 0 Å². The summed E-state index contributed by atoms with van der Waals surface area (Å²) >= 11 is 0. The molecule has 0 aliphatic heterocycles. The van der Waals surface area contributed by atoms with Crippen LogP contribution in [0.4, 0.5) is 0 Å². The van der Waals surface area contributed by atoms with E-state index in [9.17, 15) is 35.1 Å². The van der Waals surface area contributed by atoms with Gasteiger partial charge in [0.1, 0.15) is 23.5 Å². The van der Waals surface area contributed by atoms with Crippen molar-refractivity contribution in [2.45, 2.75) is 68.7 Å². The maximum atomic E-state index is 12.8. The van der Waals surface area contributed by atoms with E-state index >= 15 is 0 Å². The standard InChI is InChI=1S/C22H28O10/c1-21(2,28)16(31-20(27)22(29)9-13(23)18(26)14(24)10-22)8-12-15(30-3)6-4-11-5-7-17(25)32-19(11)12/h4-7,13-14,16,18,23-24,26,28-29H,8-10H2,1-3H3. The number of carbonyl (C=O) groups excluding carboxylic acids is 1. The Morgan fingerprint density at radius 3 is 2.34 bits per heavy atom. The van der Waals surface area contributed by atoms with E-state index in [2.05, 4.69) is 0 Å². The molecule has 1 aromatic heterocycles. The van der Waals surface area contributed by atoms with Crippen molar-refractivity contribution in [3.8, 4) is 5.75 Å². The van der Waals surface area contributed by atoms with Gasteiger partial charge >= 0.3 is 11.6 Å². The zero-order chi connectivity index (χ0) is 23.8. The number of esters is 1. The molecule has 3 rings (SSSR count). The number of aliphatic hydroxyl groups excluding tert-OH is 3. The smallest absolute Gasteiger partial charge is 0.338 e. The summed E-state index contributed by atoms with van der Waals surface area (Å²) in [6.07, 6.45) is -7.04. The monoisotopic (exact) mass is 452 g/mol. The maximum Gasteiger partial charge on any atom is 0.338 e. The Morgan fingerprint density at radius 1 is 1.19 bits per heavy atom. The quantitative estimate of drug-likeness (QED) is 0.288. The highest BCUT2D eigenvalue weighted by Gasteiger charge is 2.50. The topological polar surface area (TPSA) is 167 Å². The van der Waals surface area contributed by atoms with Crippen molar-refractivity contribution in [3.63, 3.8) is 0 Å². The molecule has 5 N–H and O–H groups in total. The summed E-state index contributed by atoms with van der Waals surface area (Å²) in [6.45, 7) is 2.80. The summed E-state index contributed by atoms with van der Waals surface area (Å²) in [7, 11) is 1.41. The molecular weight excluding hydrogens is 424 g/mol. The van der Waals surface area contributed by atoms with Crippen LogP contribution in [0.5, 0.6) is 5.75 Å². The second-order valence-corrected chi connectivity index (χ2v) is 8.74. The fourth-order valence-corrected chi connectivity index (χ4v) is 3.86. The second-order valence-electron chi connectivity index (χ2n) is 8.74. The van der Waals surface area contributed by atoms with Gasteiger partial charge in [-0.2, -0.15) is 0 Å². The minimum Gasteiger partial charge on any atom is -0.496 e. The first-order chi connectivity index (χ1) is 14.9. The number of rotatable bonds is 6. The van der Waals surface area contributed by atoms with E-state index < -0.39 is 60.1 Å². The Balaban J connectivity index is 1.95. The van der Waals surface area contributed by atoms with Crippen molar-refractivity contribution in [2.24, 2.45) is 0 Å². The zero-order valence-electron chi connectivity index (χ0n) is 18.0. The van der Waals surface area contributed by atoms with Gasteiger partial charge in [0.25, 0.3) is 0 Å². The molecular formula is C22H28O10. The van der Waals surface area contributed by atoms with E-state index in [4.69, 9.17) is 13.9 Å². The fourth-order valence-electron chi connectivity index (χ4n) is 3.86. The number of fused-ring (bicyclic) bond motifs is 1. The number of hydrogen-bond acceptors (Lipinski definition) is 10. The average Bonchev–Trinajstić information content (AvgIpc) is 2.70. The molecule has 3 unspecified atom stereocenters. The number of methoxy groups -OCH3 is 1. The minimum atomic E-state index is -2.27. The second kappa shape index (κ2) is 8.80. The minimum absolute atomic E-state index is 0.132. The molecule has 1 aromatic carbocycles. The molecule has 176 valence electrons. The van der Waals surface area contributed by atoms with Crippen LogP contribution in [-0.2, 0) is 16.0 Å². The molecule has 32 heavy (non-hydrogen) atoms. The Kier molecular flexibility index (Phi) is 6.64. The van der Waals surface area contributed by atoms with E-state index in [0.717, 1.165) is 0 Å². The van der Waals surface area contributed by atoms with Crippen molar-refractivity contribution >= 4 is 16.9 Å². The zero-order valence-corrected chi connectivity index (χ0v) is 18.0. The van der Waals surface area contributed by atoms with Crippen molar-refractivity contribution in [3.05, 3.63) is 40.2 Å². The summed E-state index contributed by atoms with van der Waals surface area (Å²) in [5, 5.41) is 51.5. The van der Waals surface area contributed by atoms with Crippen LogP contribution in [0.2, 0.25) is 0 Å². The first-order valence-corrected chi connectivity index (χ1v) is 10.2. The Hall–Kier alpha value is -2.50. The van der Waals surface area contributed by atoms with E-state index in [-0.39, 0.29) is 12.0 Å². The largest absolute Gasteiger partial charge is 0.496 e. The molecule has 1 saturated carbocycles. The molecule has 10 nitrogen and oxygen atoms in total. The van der Waals surface area contributed by atoms with Gasteiger partial charge in [0, 0.05) is 36.3 Å². The predicted molar refractivity (Wildman–Crippen MR) is 111 cm³/mol. The summed E-state index contributed by atoms with van der Waals surface area (Å²) in [4.78, 5) is 24.6. The molecule has 1 aliphatic rings. The third-order valence-corrected chi connectivity index (χ3v) is 5.76. The average molecular weight is 452 g/mol. The number of aliphatic hydroxyl groups is 5. The Labute approximate surface area is 183 Å². The highest BCUT2D eigenvalue weighted by atomic mass is 16.6. The van der Waals surface area contributed by atoms with Crippen LogP contribution in [0.3, 0.4) is 0 Å². The van der Waals surface area contributed by atoms with E-state index in [1.165, 1.54) is 27.0 Å². The highest BCUT2D eigenvalue weighted by Crippen LogP contribution is 2.34. The molecule has 0 spiro atoms. The summed E-state index contributed by atoms with van der Waals surface area (Å²) in [5.41, 5.74) is -3.89. The van der Waals surface area contributed by atoms with Gasteiger partial charge < -0.3 is 39.4 Å². The van der Waals surface area contributed by atoms with Crippen molar-refractivity contribution in [1.29, 1.82) is 0 Å². The lowest BCUT2D eigenvalue weighted by molar-refractivity contribution is -0.204.